The molecule has 7 rings (SSSR count). The van der Waals surface area contributed by atoms with E-state index in [1.54, 1.807) is 19.8 Å². The summed E-state index contributed by atoms with van der Waals surface area (Å²) in [5, 5.41) is 0. The molecule has 0 aliphatic carbocycles. The Morgan fingerprint density at radius 2 is 2.19 bits per heavy atom. The molecule has 0 saturated carbocycles. The lowest BCUT2D eigenvalue weighted by molar-refractivity contribution is -0.0150. The van der Waals surface area contributed by atoms with Crippen LogP contribution >= 0.6 is 0 Å². The van der Waals surface area contributed by atoms with Crippen LogP contribution in [0.3, 0.4) is 0 Å². The molecule has 5 fully saturated rings. The van der Waals surface area contributed by atoms with Gasteiger partial charge in [0, 0.05) is 36.2 Å². The smallest absolute Gasteiger partial charge is 0.201 e. The van der Waals surface area contributed by atoms with Crippen molar-refractivity contribution >= 4 is 11.6 Å². The van der Waals surface area contributed by atoms with Gasteiger partial charge < -0.3 is 14.2 Å². The standard InChI is InChI=1S/C21H24N2O3/c1-4-11-9-23-16-8-21-15-5-12(24-2)6-17(25-3)19(15)22-20(21)26-10-14(16)13(11)7-18(21)23/h4-6,13-14,16,18H,7-10H2,1-3H3/b11-4-/t13-,14-,16-,18-,21+/m0/s1. The molecule has 0 radical (unpaired) electrons. The molecule has 1 aromatic rings. The topological polar surface area (TPSA) is 43.3 Å². The van der Waals surface area contributed by atoms with E-state index in [4.69, 9.17) is 19.2 Å². The second-order valence-corrected chi connectivity index (χ2v) is 8.25. The monoisotopic (exact) mass is 352 g/mol. The van der Waals surface area contributed by atoms with Crippen molar-refractivity contribution in [3.8, 4) is 11.5 Å². The first-order valence-corrected chi connectivity index (χ1v) is 9.60. The van der Waals surface area contributed by atoms with Crippen molar-refractivity contribution in [2.45, 2.75) is 37.3 Å². The second-order valence-electron chi connectivity index (χ2n) is 8.25. The van der Waals surface area contributed by atoms with E-state index in [2.05, 4.69) is 24.0 Å². The molecular weight excluding hydrogens is 328 g/mol. The van der Waals surface area contributed by atoms with Gasteiger partial charge in [-0.3, -0.25) is 4.90 Å². The molecule has 6 atom stereocenters. The first-order valence-electron chi connectivity index (χ1n) is 9.60. The number of methoxy groups -OCH3 is 2. The van der Waals surface area contributed by atoms with Crippen molar-refractivity contribution in [3.63, 3.8) is 0 Å². The summed E-state index contributed by atoms with van der Waals surface area (Å²) in [5.41, 5.74) is 3.65. The molecule has 1 unspecified atom stereocenters. The van der Waals surface area contributed by atoms with Crippen LogP contribution in [0.2, 0.25) is 0 Å². The zero-order valence-corrected chi connectivity index (χ0v) is 15.5. The fourth-order valence-electron chi connectivity index (χ4n) is 6.51. The number of fused-ring (bicyclic) bond motifs is 2. The predicted octanol–water partition coefficient (Wildman–Crippen LogP) is 3.05. The largest absolute Gasteiger partial charge is 0.497 e. The molecule has 5 saturated heterocycles. The van der Waals surface area contributed by atoms with E-state index in [1.807, 2.05) is 6.07 Å². The molecule has 0 amide bonds. The maximum atomic E-state index is 6.39. The van der Waals surface area contributed by atoms with Crippen LogP contribution in [0.1, 0.15) is 25.3 Å². The Balaban J connectivity index is 1.58. The Kier molecular flexibility index (Phi) is 2.80. The minimum atomic E-state index is -0.134. The van der Waals surface area contributed by atoms with E-state index in [9.17, 15) is 0 Å². The fourth-order valence-corrected chi connectivity index (χ4v) is 6.51. The molecule has 5 heteroatoms. The summed E-state index contributed by atoms with van der Waals surface area (Å²) in [6.07, 6.45) is 4.65. The SMILES string of the molecule is C/C=C1/CN2[C@H]3C[C@@H]1[C@@H]1COC4=Nc5c(OC)cc(OC)cc5[C@@]43C[C@@H]12. The average Bonchev–Trinajstić information content (AvgIpc) is 3.04. The van der Waals surface area contributed by atoms with Gasteiger partial charge in [0.25, 0.3) is 0 Å². The quantitative estimate of drug-likeness (QED) is 0.768. The minimum absolute atomic E-state index is 0.134. The number of aliphatic imine (C=N–C) groups is 1. The van der Waals surface area contributed by atoms with Crippen molar-refractivity contribution in [2.24, 2.45) is 16.8 Å². The number of hydrogen-bond donors (Lipinski definition) is 0. The molecule has 6 heterocycles. The lowest BCUT2D eigenvalue weighted by atomic mass is 9.68. The Hall–Kier alpha value is -2.01. The molecule has 0 N–H and O–H groups in total. The van der Waals surface area contributed by atoms with E-state index in [0.717, 1.165) is 42.7 Å². The summed E-state index contributed by atoms with van der Waals surface area (Å²) in [5.74, 6) is 3.79. The van der Waals surface area contributed by atoms with Crippen LogP contribution in [-0.2, 0) is 10.2 Å². The second kappa shape index (κ2) is 4.83. The number of nitrogens with zero attached hydrogens (tertiary/aromatic N) is 2. The molecule has 136 valence electrons. The maximum absolute atomic E-state index is 6.39. The third kappa shape index (κ3) is 1.51. The molecule has 0 aromatic heterocycles. The van der Waals surface area contributed by atoms with Gasteiger partial charge in [0.2, 0.25) is 5.90 Å². The third-order valence-electron chi connectivity index (χ3n) is 7.62. The van der Waals surface area contributed by atoms with Gasteiger partial charge in [-0.1, -0.05) is 11.6 Å². The highest BCUT2D eigenvalue weighted by Gasteiger charge is 2.69. The van der Waals surface area contributed by atoms with Crippen LogP contribution in [0.25, 0.3) is 0 Å². The zero-order valence-electron chi connectivity index (χ0n) is 15.5. The molecule has 6 aliphatic heterocycles. The average molecular weight is 352 g/mol. The first kappa shape index (κ1) is 15.1. The molecule has 6 aliphatic rings. The summed E-state index contributed by atoms with van der Waals surface area (Å²) in [7, 11) is 3.42. The highest BCUT2D eigenvalue weighted by atomic mass is 16.5. The number of allylic oxidation sites excluding steroid dienone is 1. The molecule has 5 nitrogen and oxygen atoms in total. The number of benzene rings is 1. The van der Waals surface area contributed by atoms with E-state index in [1.165, 1.54) is 12.0 Å². The lowest BCUT2D eigenvalue weighted by Crippen LogP contribution is -2.61. The van der Waals surface area contributed by atoms with E-state index in [0.29, 0.717) is 23.9 Å². The summed E-state index contributed by atoms with van der Waals surface area (Å²) < 4.78 is 17.6. The van der Waals surface area contributed by atoms with Crippen LogP contribution in [0.5, 0.6) is 11.5 Å². The highest BCUT2D eigenvalue weighted by molar-refractivity contribution is 6.00. The molecule has 1 spiro atoms. The van der Waals surface area contributed by atoms with Crippen molar-refractivity contribution < 1.29 is 14.2 Å². The van der Waals surface area contributed by atoms with Crippen molar-refractivity contribution in [1.29, 1.82) is 0 Å². The predicted molar refractivity (Wildman–Crippen MR) is 98.5 cm³/mol. The summed E-state index contributed by atoms with van der Waals surface area (Å²) in [6, 6.07) is 5.16. The number of piperidine rings is 3. The Morgan fingerprint density at radius 1 is 1.31 bits per heavy atom. The van der Waals surface area contributed by atoms with Crippen molar-refractivity contribution in [2.75, 3.05) is 27.4 Å². The number of ether oxygens (including phenoxy) is 3. The van der Waals surface area contributed by atoms with E-state index < -0.39 is 0 Å². The van der Waals surface area contributed by atoms with Gasteiger partial charge >= 0.3 is 0 Å². The fraction of sp³-hybridized carbons (Fsp3) is 0.571. The Morgan fingerprint density at radius 3 is 2.96 bits per heavy atom. The maximum Gasteiger partial charge on any atom is 0.201 e. The number of hydrogen-bond acceptors (Lipinski definition) is 5. The lowest BCUT2D eigenvalue weighted by Gasteiger charge is -2.54. The van der Waals surface area contributed by atoms with Gasteiger partial charge in [-0.25, -0.2) is 4.99 Å². The minimum Gasteiger partial charge on any atom is -0.497 e. The van der Waals surface area contributed by atoms with Gasteiger partial charge in [-0.05, 0) is 31.7 Å². The van der Waals surface area contributed by atoms with Crippen LogP contribution in [0.15, 0.2) is 28.8 Å². The van der Waals surface area contributed by atoms with Crippen molar-refractivity contribution in [3.05, 3.63) is 29.3 Å². The van der Waals surface area contributed by atoms with Crippen LogP contribution in [0, 0.1) is 11.8 Å². The van der Waals surface area contributed by atoms with Gasteiger partial charge in [0.1, 0.15) is 17.2 Å². The highest BCUT2D eigenvalue weighted by Crippen LogP contribution is 2.64. The normalized spacial score (nSPS) is 42.2. The van der Waals surface area contributed by atoms with E-state index in [-0.39, 0.29) is 5.41 Å². The van der Waals surface area contributed by atoms with Gasteiger partial charge in [0.15, 0.2) is 0 Å². The first-order chi connectivity index (χ1) is 12.7. The molecule has 5 bridgehead atoms. The summed E-state index contributed by atoms with van der Waals surface area (Å²) >= 11 is 0. The third-order valence-corrected chi connectivity index (χ3v) is 7.62. The Bertz CT molecular complexity index is 876. The van der Waals surface area contributed by atoms with Gasteiger partial charge in [-0.2, -0.15) is 0 Å². The molecular formula is C21H24N2O3. The van der Waals surface area contributed by atoms with Crippen LogP contribution < -0.4 is 9.47 Å². The molecule has 1 aromatic carbocycles. The molecule has 26 heavy (non-hydrogen) atoms. The van der Waals surface area contributed by atoms with Gasteiger partial charge in [0.05, 0.1) is 26.2 Å². The number of rotatable bonds is 2. The van der Waals surface area contributed by atoms with Crippen LogP contribution in [0.4, 0.5) is 5.69 Å². The van der Waals surface area contributed by atoms with E-state index >= 15 is 0 Å². The van der Waals surface area contributed by atoms with Crippen molar-refractivity contribution in [1.82, 2.24) is 4.90 Å². The zero-order chi connectivity index (χ0) is 17.6. The summed E-state index contributed by atoms with van der Waals surface area (Å²) in [4.78, 5) is 7.71. The van der Waals surface area contributed by atoms with Crippen LogP contribution in [-0.4, -0.2) is 50.3 Å². The van der Waals surface area contributed by atoms with Gasteiger partial charge in [-0.15, -0.1) is 0 Å². The summed E-state index contributed by atoms with van der Waals surface area (Å²) in [6.45, 7) is 4.08. The Labute approximate surface area is 153 Å².